The molecule has 3 unspecified atom stereocenters. The molecule has 1 fully saturated rings. The van der Waals surface area contributed by atoms with Crippen LogP contribution < -0.4 is 5.32 Å². The van der Waals surface area contributed by atoms with Gasteiger partial charge in [-0.1, -0.05) is 0 Å². The van der Waals surface area contributed by atoms with Gasteiger partial charge in [-0.15, -0.1) is 0 Å². The first kappa shape index (κ1) is 10.5. The molecule has 4 heteroatoms. The standard InChI is InChI=1S/C9H17NO3/c1-6(11)5-7-3-2-4-8(10-7)9(12)13/h6-8,10-11H,2-5H2,1H3,(H,12,13). The van der Waals surface area contributed by atoms with Crippen LogP contribution in [0.15, 0.2) is 0 Å². The van der Waals surface area contributed by atoms with E-state index in [9.17, 15) is 4.79 Å². The molecule has 76 valence electrons. The van der Waals surface area contributed by atoms with Gasteiger partial charge in [0, 0.05) is 6.04 Å². The van der Waals surface area contributed by atoms with Crippen LogP contribution in [0.2, 0.25) is 0 Å². The summed E-state index contributed by atoms with van der Waals surface area (Å²) in [5.41, 5.74) is 0. The van der Waals surface area contributed by atoms with Gasteiger partial charge in [-0.25, -0.2) is 0 Å². The SMILES string of the molecule is CC(O)CC1CCCC(C(=O)O)N1. The lowest BCUT2D eigenvalue weighted by Gasteiger charge is -2.29. The summed E-state index contributed by atoms with van der Waals surface area (Å²) in [5.74, 6) is -0.782. The van der Waals surface area contributed by atoms with Crippen LogP contribution in [0.3, 0.4) is 0 Å². The first-order valence-electron chi connectivity index (χ1n) is 4.76. The monoisotopic (exact) mass is 187 g/mol. The minimum absolute atomic E-state index is 0.162. The third-order valence-electron chi connectivity index (χ3n) is 2.41. The number of hydrogen-bond donors (Lipinski definition) is 3. The van der Waals surface area contributed by atoms with Gasteiger partial charge in [-0.2, -0.15) is 0 Å². The Hall–Kier alpha value is -0.610. The smallest absolute Gasteiger partial charge is 0.320 e. The highest BCUT2D eigenvalue weighted by Crippen LogP contribution is 2.16. The van der Waals surface area contributed by atoms with Gasteiger partial charge in [0.25, 0.3) is 0 Å². The van der Waals surface area contributed by atoms with Gasteiger partial charge in [0.05, 0.1) is 6.10 Å². The van der Waals surface area contributed by atoms with Gasteiger partial charge in [0.2, 0.25) is 0 Å². The molecule has 0 aromatic carbocycles. The quantitative estimate of drug-likeness (QED) is 0.596. The molecule has 3 atom stereocenters. The third-order valence-corrected chi connectivity index (χ3v) is 2.41. The van der Waals surface area contributed by atoms with Gasteiger partial charge >= 0.3 is 5.97 Å². The van der Waals surface area contributed by atoms with Crippen molar-refractivity contribution in [3.63, 3.8) is 0 Å². The van der Waals surface area contributed by atoms with Crippen molar-refractivity contribution in [3.8, 4) is 0 Å². The van der Waals surface area contributed by atoms with Crippen molar-refractivity contribution < 1.29 is 15.0 Å². The lowest BCUT2D eigenvalue weighted by atomic mass is 9.95. The normalized spacial score (nSPS) is 31.2. The van der Waals surface area contributed by atoms with Gasteiger partial charge in [-0.3, -0.25) is 4.79 Å². The summed E-state index contributed by atoms with van der Waals surface area (Å²) in [6, 6.07) is -0.257. The lowest BCUT2D eigenvalue weighted by molar-refractivity contribution is -0.140. The molecule has 0 spiro atoms. The van der Waals surface area contributed by atoms with Crippen LogP contribution in [0.5, 0.6) is 0 Å². The zero-order valence-electron chi connectivity index (χ0n) is 7.86. The van der Waals surface area contributed by atoms with Crippen LogP contribution in [0.4, 0.5) is 0 Å². The van der Waals surface area contributed by atoms with Crippen LogP contribution >= 0.6 is 0 Å². The number of rotatable bonds is 3. The number of piperidine rings is 1. The fourth-order valence-corrected chi connectivity index (χ4v) is 1.81. The summed E-state index contributed by atoms with van der Waals surface area (Å²) >= 11 is 0. The number of nitrogens with one attached hydrogen (secondary N) is 1. The first-order chi connectivity index (χ1) is 6.09. The van der Waals surface area contributed by atoms with Crippen molar-refractivity contribution in [1.82, 2.24) is 5.32 Å². The Labute approximate surface area is 78.0 Å². The fraction of sp³-hybridized carbons (Fsp3) is 0.889. The average molecular weight is 187 g/mol. The van der Waals surface area contributed by atoms with E-state index < -0.39 is 12.0 Å². The molecule has 0 bridgehead atoms. The maximum Gasteiger partial charge on any atom is 0.320 e. The summed E-state index contributed by atoms with van der Waals surface area (Å²) in [7, 11) is 0. The van der Waals surface area contributed by atoms with Crippen LogP contribution in [0.25, 0.3) is 0 Å². The Kier molecular flexibility index (Phi) is 3.69. The molecule has 1 heterocycles. The highest BCUT2D eigenvalue weighted by atomic mass is 16.4. The van der Waals surface area contributed by atoms with E-state index in [4.69, 9.17) is 10.2 Å². The molecule has 0 aliphatic carbocycles. The molecule has 0 aromatic heterocycles. The van der Waals surface area contributed by atoms with E-state index in [1.807, 2.05) is 0 Å². The fourth-order valence-electron chi connectivity index (χ4n) is 1.81. The lowest BCUT2D eigenvalue weighted by Crippen LogP contribution is -2.47. The number of aliphatic carboxylic acids is 1. The molecule has 1 aliphatic rings. The van der Waals surface area contributed by atoms with Crippen LogP contribution in [-0.4, -0.2) is 34.4 Å². The zero-order valence-corrected chi connectivity index (χ0v) is 7.86. The molecular weight excluding hydrogens is 170 g/mol. The van der Waals surface area contributed by atoms with E-state index >= 15 is 0 Å². The van der Waals surface area contributed by atoms with E-state index in [1.165, 1.54) is 0 Å². The Balaban J connectivity index is 2.37. The third kappa shape index (κ3) is 3.32. The van der Waals surface area contributed by atoms with E-state index in [-0.39, 0.29) is 12.1 Å². The number of carboxylic acids is 1. The van der Waals surface area contributed by atoms with E-state index in [0.29, 0.717) is 12.8 Å². The van der Waals surface area contributed by atoms with Gasteiger partial charge in [-0.05, 0) is 32.6 Å². The molecule has 13 heavy (non-hydrogen) atoms. The summed E-state index contributed by atoms with van der Waals surface area (Å²) in [6.07, 6.45) is 2.89. The molecular formula is C9H17NO3. The van der Waals surface area contributed by atoms with Crippen molar-refractivity contribution in [2.45, 2.75) is 50.8 Å². The molecule has 0 saturated carbocycles. The summed E-state index contributed by atoms with van der Waals surface area (Å²) in [4.78, 5) is 10.7. The molecule has 0 amide bonds. The van der Waals surface area contributed by atoms with Gasteiger partial charge in [0.1, 0.15) is 6.04 Å². The van der Waals surface area contributed by atoms with E-state index in [1.54, 1.807) is 6.92 Å². The number of aliphatic hydroxyl groups is 1. The van der Waals surface area contributed by atoms with Crippen molar-refractivity contribution >= 4 is 5.97 Å². The predicted molar refractivity (Wildman–Crippen MR) is 48.5 cm³/mol. The maximum absolute atomic E-state index is 10.7. The highest BCUT2D eigenvalue weighted by molar-refractivity contribution is 5.73. The molecule has 1 saturated heterocycles. The van der Waals surface area contributed by atoms with Crippen LogP contribution in [0, 0.1) is 0 Å². The second kappa shape index (κ2) is 4.58. The second-order valence-corrected chi connectivity index (χ2v) is 3.77. The Morgan fingerprint density at radius 1 is 1.62 bits per heavy atom. The van der Waals surface area contributed by atoms with E-state index in [0.717, 1.165) is 12.8 Å². The van der Waals surface area contributed by atoms with Crippen molar-refractivity contribution in [2.24, 2.45) is 0 Å². The molecule has 4 nitrogen and oxygen atoms in total. The molecule has 3 N–H and O–H groups in total. The topological polar surface area (TPSA) is 69.6 Å². The molecule has 1 aliphatic heterocycles. The van der Waals surface area contributed by atoms with Crippen molar-refractivity contribution in [2.75, 3.05) is 0 Å². The molecule has 0 aromatic rings. The maximum atomic E-state index is 10.7. The highest BCUT2D eigenvalue weighted by Gasteiger charge is 2.26. The van der Waals surface area contributed by atoms with Gasteiger partial charge < -0.3 is 15.5 Å². The van der Waals surface area contributed by atoms with Crippen molar-refractivity contribution in [1.29, 1.82) is 0 Å². The van der Waals surface area contributed by atoms with E-state index in [2.05, 4.69) is 5.32 Å². The summed E-state index contributed by atoms with van der Waals surface area (Å²) in [5, 5.41) is 20.9. The van der Waals surface area contributed by atoms with Crippen molar-refractivity contribution in [3.05, 3.63) is 0 Å². The Bertz CT molecular complexity index is 182. The number of carbonyl (C=O) groups is 1. The average Bonchev–Trinajstić information content (AvgIpc) is 2.03. The summed E-state index contributed by atoms with van der Waals surface area (Å²) in [6.45, 7) is 1.73. The van der Waals surface area contributed by atoms with Gasteiger partial charge in [0.15, 0.2) is 0 Å². The molecule has 1 rings (SSSR count). The Morgan fingerprint density at radius 3 is 2.85 bits per heavy atom. The van der Waals surface area contributed by atoms with Crippen LogP contribution in [0.1, 0.15) is 32.6 Å². The van der Waals surface area contributed by atoms with Crippen LogP contribution in [-0.2, 0) is 4.79 Å². The summed E-state index contributed by atoms with van der Waals surface area (Å²) < 4.78 is 0. The largest absolute Gasteiger partial charge is 0.480 e. The zero-order chi connectivity index (χ0) is 9.84. The second-order valence-electron chi connectivity index (χ2n) is 3.77. The Morgan fingerprint density at radius 2 is 2.31 bits per heavy atom. The molecule has 0 radical (unpaired) electrons. The first-order valence-corrected chi connectivity index (χ1v) is 4.76. The number of hydrogen-bond acceptors (Lipinski definition) is 3. The predicted octanol–water partition coefficient (Wildman–Crippen LogP) is 0.353. The number of aliphatic hydroxyl groups excluding tert-OH is 1. The number of carboxylic acid groups (broad SMARTS) is 1. The minimum Gasteiger partial charge on any atom is -0.480 e. The minimum atomic E-state index is -0.782.